The van der Waals surface area contributed by atoms with Crippen molar-refractivity contribution in [3.63, 3.8) is 0 Å². The van der Waals surface area contributed by atoms with Crippen LogP contribution >= 0.6 is 0 Å². The van der Waals surface area contributed by atoms with Gasteiger partial charge >= 0.3 is 0 Å². The van der Waals surface area contributed by atoms with E-state index < -0.39 is 0 Å². The standard InChI is InChI=1S/C17H15NO3/c1-9(19)10-4-6-13(7-5-10)18-16(20)14-11-2-3-12(8-11)15(14)17(18)21/h2-7,11-12,20-21H,8H2,1H3. The number of aromatic nitrogens is 1. The van der Waals surface area contributed by atoms with Crippen molar-refractivity contribution in [2.45, 2.75) is 25.2 Å². The van der Waals surface area contributed by atoms with Crippen molar-refractivity contribution in [1.29, 1.82) is 0 Å². The van der Waals surface area contributed by atoms with Crippen LogP contribution in [0.2, 0.25) is 0 Å². The molecule has 21 heavy (non-hydrogen) atoms. The molecule has 0 fully saturated rings. The maximum atomic E-state index is 11.3. The number of nitrogens with zero attached hydrogens (tertiary/aromatic N) is 1. The van der Waals surface area contributed by atoms with Crippen molar-refractivity contribution >= 4 is 5.78 Å². The van der Waals surface area contributed by atoms with Gasteiger partial charge in [0.1, 0.15) is 0 Å². The third-order valence-corrected chi connectivity index (χ3v) is 4.55. The molecule has 0 saturated heterocycles. The van der Waals surface area contributed by atoms with Gasteiger partial charge in [-0.1, -0.05) is 12.2 Å². The highest BCUT2D eigenvalue weighted by Gasteiger charge is 2.41. The minimum Gasteiger partial charge on any atom is -0.494 e. The molecule has 2 unspecified atom stereocenters. The smallest absolute Gasteiger partial charge is 0.202 e. The number of aromatic hydroxyl groups is 2. The lowest BCUT2D eigenvalue weighted by Gasteiger charge is -2.10. The van der Waals surface area contributed by atoms with Crippen molar-refractivity contribution < 1.29 is 15.0 Å². The first-order chi connectivity index (χ1) is 10.1. The molecule has 4 heteroatoms. The van der Waals surface area contributed by atoms with Crippen LogP contribution in [-0.4, -0.2) is 20.6 Å². The van der Waals surface area contributed by atoms with E-state index in [-0.39, 0.29) is 29.4 Å². The third-order valence-electron chi connectivity index (χ3n) is 4.55. The molecule has 2 atom stereocenters. The van der Waals surface area contributed by atoms with Gasteiger partial charge in [-0.2, -0.15) is 0 Å². The van der Waals surface area contributed by atoms with Gasteiger partial charge in [-0.25, -0.2) is 0 Å². The second kappa shape index (κ2) is 4.01. The molecule has 0 amide bonds. The van der Waals surface area contributed by atoms with Gasteiger partial charge in [0, 0.05) is 28.5 Å². The first-order valence-corrected chi connectivity index (χ1v) is 7.04. The highest BCUT2D eigenvalue weighted by Crippen LogP contribution is 2.57. The van der Waals surface area contributed by atoms with Crippen LogP contribution in [0.3, 0.4) is 0 Å². The monoisotopic (exact) mass is 281 g/mol. The van der Waals surface area contributed by atoms with Gasteiger partial charge in [-0.05, 0) is 37.6 Å². The van der Waals surface area contributed by atoms with Crippen LogP contribution in [0.15, 0.2) is 36.4 Å². The summed E-state index contributed by atoms with van der Waals surface area (Å²) >= 11 is 0. The quantitative estimate of drug-likeness (QED) is 0.656. The van der Waals surface area contributed by atoms with Gasteiger partial charge in [0.25, 0.3) is 0 Å². The summed E-state index contributed by atoms with van der Waals surface area (Å²) in [5, 5.41) is 21.0. The van der Waals surface area contributed by atoms with Crippen molar-refractivity contribution in [2.24, 2.45) is 0 Å². The molecule has 4 rings (SSSR count). The number of carbonyl (C=O) groups excluding carboxylic acids is 1. The van der Waals surface area contributed by atoms with E-state index in [1.54, 1.807) is 24.3 Å². The molecule has 2 aliphatic carbocycles. The van der Waals surface area contributed by atoms with E-state index >= 15 is 0 Å². The van der Waals surface area contributed by atoms with Crippen molar-refractivity contribution in [2.75, 3.05) is 0 Å². The molecule has 1 aromatic heterocycles. The zero-order valence-electron chi connectivity index (χ0n) is 11.6. The first-order valence-electron chi connectivity index (χ1n) is 7.04. The maximum absolute atomic E-state index is 11.3. The van der Waals surface area contributed by atoms with Gasteiger partial charge in [-0.3, -0.25) is 9.36 Å². The summed E-state index contributed by atoms with van der Waals surface area (Å²) in [4.78, 5) is 11.3. The SMILES string of the molecule is CC(=O)c1ccc(-n2c(O)c3c(c2O)C2C=CC3C2)cc1. The maximum Gasteiger partial charge on any atom is 0.202 e. The third kappa shape index (κ3) is 1.53. The molecule has 4 nitrogen and oxygen atoms in total. The summed E-state index contributed by atoms with van der Waals surface area (Å²) in [7, 11) is 0. The fourth-order valence-electron chi connectivity index (χ4n) is 3.53. The summed E-state index contributed by atoms with van der Waals surface area (Å²) in [6.07, 6.45) is 5.13. The van der Waals surface area contributed by atoms with E-state index in [0.717, 1.165) is 17.5 Å². The number of Topliss-reactive ketones (excluding diaryl/α,β-unsaturated/α-hetero) is 1. The highest BCUT2D eigenvalue weighted by molar-refractivity contribution is 5.94. The second-order valence-corrected chi connectivity index (χ2v) is 5.75. The molecular weight excluding hydrogens is 266 g/mol. The molecule has 0 radical (unpaired) electrons. The van der Waals surface area contributed by atoms with E-state index in [2.05, 4.69) is 12.2 Å². The number of allylic oxidation sites excluding steroid dienone is 2. The van der Waals surface area contributed by atoms with Gasteiger partial charge in [0.15, 0.2) is 5.78 Å². The van der Waals surface area contributed by atoms with E-state index in [0.29, 0.717) is 11.3 Å². The molecular formula is C17H15NO3. The van der Waals surface area contributed by atoms with E-state index in [1.165, 1.54) is 11.5 Å². The molecule has 2 aliphatic rings. The molecule has 2 bridgehead atoms. The Balaban J connectivity index is 1.86. The number of hydrogen-bond acceptors (Lipinski definition) is 3. The summed E-state index contributed by atoms with van der Waals surface area (Å²) in [6.45, 7) is 1.51. The number of carbonyl (C=O) groups is 1. The Morgan fingerprint density at radius 1 is 1.05 bits per heavy atom. The topological polar surface area (TPSA) is 62.5 Å². The average Bonchev–Trinajstić information content (AvgIpc) is 3.13. The van der Waals surface area contributed by atoms with Crippen LogP contribution in [-0.2, 0) is 0 Å². The van der Waals surface area contributed by atoms with Crippen LogP contribution in [0.1, 0.15) is 46.7 Å². The van der Waals surface area contributed by atoms with Crippen LogP contribution < -0.4 is 0 Å². The molecule has 1 heterocycles. The van der Waals surface area contributed by atoms with Crippen LogP contribution in [0.4, 0.5) is 0 Å². The summed E-state index contributed by atoms with van der Waals surface area (Å²) in [5.74, 6) is 0.611. The van der Waals surface area contributed by atoms with E-state index in [4.69, 9.17) is 0 Å². The van der Waals surface area contributed by atoms with Crippen molar-refractivity contribution in [3.05, 3.63) is 53.1 Å². The molecule has 0 spiro atoms. The Labute approximate surface area is 122 Å². The summed E-state index contributed by atoms with van der Waals surface area (Å²) < 4.78 is 1.46. The lowest BCUT2D eigenvalue weighted by molar-refractivity contribution is 0.101. The Hall–Kier alpha value is -2.49. The minimum atomic E-state index is -0.00719. The highest BCUT2D eigenvalue weighted by atomic mass is 16.3. The Morgan fingerprint density at radius 3 is 2.05 bits per heavy atom. The zero-order valence-corrected chi connectivity index (χ0v) is 11.6. The summed E-state index contributed by atoms with van der Waals surface area (Å²) in [5.41, 5.74) is 2.95. The molecule has 1 aromatic carbocycles. The molecule has 2 aromatic rings. The average molecular weight is 281 g/mol. The molecule has 0 aliphatic heterocycles. The van der Waals surface area contributed by atoms with Gasteiger partial charge in [0.2, 0.25) is 11.8 Å². The Kier molecular flexibility index (Phi) is 2.34. The molecule has 0 saturated carbocycles. The van der Waals surface area contributed by atoms with Gasteiger partial charge in [0.05, 0.1) is 5.69 Å². The minimum absolute atomic E-state index is 0.00719. The number of fused-ring (bicyclic) bond motifs is 5. The fourth-order valence-corrected chi connectivity index (χ4v) is 3.53. The summed E-state index contributed by atoms with van der Waals surface area (Å²) in [6, 6.07) is 6.88. The van der Waals surface area contributed by atoms with Crippen molar-refractivity contribution in [1.82, 2.24) is 4.57 Å². The van der Waals surface area contributed by atoms with Crippen LogP contribution in [0.5, 0.6) is 11.8 Å². The van der Waals surface area contributed by atoms with E-state index in [9.17, 15) is 15.0 Å². The lowest BCUT2D eigenvalue weighted by Crippen LogP contribution is -1.97. The van der Waals surface area contributed by atoms with E-state index in [1.807, 2.05) is 0 Å². The van der Waals surface area contributed by atoms with Gasteiger partial charge < -0.3 is 10.2 Å². The molecule has 106 valence electrons. The largest absolute Gasteiger partial charge is 0.494 e. The number of ketones is 1. The van der Waals surface area contributed by atoms with Crippen LogP contribution in [0.25, 0.3) is 5.69 Å². The number of rotatable bonds is 2. The molecule has 2 N–H and O–H groups in total. The lowest BCUT2D eigenvalue weighted by atomic mass is 10.0. The number of benzene rings is 1. The fraction of sp³-hybridized carbons (Fsp3) is 0.235. The van der Waals surface area contributed by atoms with Crippen LogP contribution in [0, 0.1) is 0 Å². The number of hydrogen-bond donors (Lipinski definition) is 2. The zero-order chi connectivity index (χ0) is 14.7. The predicted octanol–water partition coefficient (Wildman–Crippen LogP) is 3.23. The van der Waals surface area contributed by atoms with Crippen molar-refractivity contribution in [3.8, 4) is 17.4 Å². The predicted molar refractivity (Wildman–Crippen MR) is 78.3 cm³/mol. The Bertz CT molecular complexity index is 748. The first kappa shape index (κ1) is 12.3. The normalized spacial score (nSPS) is 21.8. The van der Waals surface area contributed by atoms with Gasteiger partial charge in [-0.15, -0.1) is 0 Å². The second-order valence-electron chi connectivity index (χ2n) is 5.75. The Morgan fingerprint density at radius 2 is 1.57 bits per heavy atom.